The van der Waals surface area contributed by atoms with Crippen molar-refractivity contribution in [1.82, 2.24) is 9.80 Å². The summed E-state index contributed by atoms with van der Waals surface area (Å²) in [5, 5.41) is 13.0. The van der Waals surface area contributed by atoms with Crippen molar-refractivity contribution in [2.24, 2.45) is 5.92 Å². The number of thiophene rings is 1. The standard InChI is InChI=1S/C30H36N2O3S/c1-22-7-11-26(12-8-22)35-21-28-27-14-16-36-29(27)13-15-32(28)30(34)20-31(18-24-9-10-24)19-25(33)17-23-5-3-2-4-6-23/h2-8,11-12,14,16,24-25,28,33H,9-10,13,15,17-21H2,1H3/t25-,28-/m1/s1. The number of aryl methyl sites for hydroxylation is 1. The second-order valence-corrected chi connectivity index (χ2v) is 11.3. The van der Waals surface area contributed by atoms with Crippen LogP contribution in [0.1, 0.15) is 40.5 Å². The fourth-order valence-electron chi connectivity index (χ4n) is 5.08. The van der Waals surface area contributed by atoms with Gasteiger partial charge in [-0.05, 0) is 73.2 Å². The van der Waals surface area contributed by atoms with Crippen LogP contribution in [0.2, 0.25) is 0 Å². The SMILES string of the molecule is Cc1ccc(OC[C@@H]2c3ccsc3CCN2C(=O)CN(CC2CC2)C[C@H](O)Cc2ccccc2)cc1. The smallest absolute Gasteiger partial charge is 0.237 e. The number of hydrogen-bond acceptors (Lipinski definition) is 5. The van der Waals surface area contributed by atoms with Crippen molar-refractivity contribution in [1.29, 1.82) is 0 Å². The van der Waals surface area contributed by atoms with Crippen LogP contribution in [0.3, 0.4) is 0 Å². The minimum atomic E-state index is -0.496. The molecule has 1 aliphatic carbocycles. The lowest BCUT2D eigenvalue weighted by atomic mass is 10.00. The zero-order valence-corrected chi connectivity index (χ0v) is 21.8. The van der Waals surface area contributed by atoms with Gasteiger partial charge in [-0.15, -0.1) is 11.3 Å². The Kier molecular flexibility index (Phi) is 8.05. The molecular formula is C30H36N2O3S. The molecule has 0 spiro atoms. The maximum Gasteiger partial charge on any atom is 0.237 e. The van der Waals surface area contributed by atoms with Crippen LogP contribution in [0.25, 0.3) is 0 Å². The Morgan fingerprint density at radius 2 is 1.92 bits per heavy atom. The number of aliphatic hydroxyl groups excluding tert-OH is 1. The third-order valence-electron chi connectivity index (χ3n) is 7.20. The van der Waals surface area contributed by atoms with Gasteiger partial charge in [0.15, 0.2) is 0 Å². The van der Waals surface area contributed by atoms with E-state index in [-0.39, 0.29) is 11.9 Å². The number of fused-ring (bicyclic) bond motifs is 1. The van der Waals surface area contributed by atoms with Crippen LogP contribution in [-0.4, -0.2) is 59.7 Å². The van der Waals surface area contributed by atoms with Gasteiger partial charge in [0.05, 0.1) is 18.7 Å². The van der Waals surface area contributed by atoms with Gasteiger partial charge in [0.2, 0.25) is 5.91 Å². The van der Waals surface area contributed by atoms with Crippen LogP contribution in [0, 0.1) is 12.8 Å². The molecule has 0 bridgehead atoms. The average molecular weight is 505 g/mol. The summed E-state index contributed by atoms with van der Waals surface area (Å²) < 4.78 is 6.17. The molecule has 0 saturated heterocycles. The van der Waals surface area contributed by atoms with Gasteiger partial charge in [-0.2, -0.15) is 0 Å². The Morgan fingerprint density at radius 1 is 1.14 bits per heavy atom. The van der Waals surface area contributed by atoms with Crippen LogP contribution in [0.5, 0.6) is 5.75 Å². The van der Waals surface area contributed by atoms with E-state index in [2.05, 4.69) is 23.3 Å². The first-order chi connectivity index (χ1) is 17.5. The molecule has 5 nitrogen and oxygen atoms in total. The zero-order chi connectivity index (χ0) is 24.9. The van der Waals surface area contributed by atoms with Gasteiger partial charge in [-0.3, -0.25) is 9.69 Å². The number of rotatable bonds is 11. The number of amides is 1. The monoisotopic (exact) mass is 504 g/mol. The Morgan fingerprint density at radius 3 is 2.67 bits per heavy atom. The second-order valence-electron chi connectivity index (χ2n) is 10.3. The maximum absolute atomic E-state index is 13.7. The fraction of sp³-hybridized carbons (Fsp3) is 0.433. The Balaban J connectivity index is 1.25. The molecule has 6 heteroatoms. The first-order valence-electron chi connectivity index (χ1n) is 13.0. The molecule has 1 fully saturated rings. The Bertz CT molecular complexity index is 1130. The van der Waals surface area contributed by atoms with Gasteiger partial charge < -0.3 is 14.7 Å². The number of benzene rings is 2. The van der Waals surface area contributed by atoms with E-state index in [1.165, 1.54) is 28.8 Å². The number of carbonyl (C=O) groups is 1. The topological polar surface area (TPSA) is 53.0 Å². The normalized spacial score (nSPS) is 18.2. The van der Waals surface area contributed by atoms with E-state index in [0.29, 0.717) is 38.6 Å². The number of hydrogen-bond donors (Lipinski definition) is 1. The van der Waals surface area contributed by atoms with Crippen LogP contribution in [0.15, 0.2) is 66.0 Å². The van der Waals surface area contributed by atoms with E-state index in [1.54, 1.807) is 11.3 Å². The van der Waals surface area contributed by atoms with E-state index in [9.17, 15) is 9.90 Å². The third kappa shape index (κ3) is 6.55. The van der Waals surface area contributed by atoms with Gasteiger partial charge in [0.25, 0.3) is 0 Å². The molecule has 1 amide bonds. The molecule has 1 N–H and O–H groups in total. The van der Waals surface area contributed by atoms with Crippen LogP contribution >= 0.6 is 11.3 Å². The summed E-state index contributed by atoms with van der Waals surface area (Å²) in [5.41, 5.74) is 3.53. The molecule has 1 aliphatic heterocycles. The molecule has 2 heterocycles. The van der Waals surface area contributed by atoms with E-state index >= 15 is 0 Å². The third-order valence-corrected chi connectivity index (χ3v) is 8.20. The summed E-state index contributed by atoms with van der Waals surface area (Å²) >= 11 is 1.77. The fourth-order valence-corrected chi connectivity index (χ4v) is 6.01. The van der Waals surface area contributed by atoms with E-state index in [0.717, 1.165) is 24.3 Å². The van der Waals surface area contributed by atoms with Crippen molar-refractivity contribution in [3.8, 4) is 5.75 Å². The minimum absolute atomic E-state index is 0.0918. The van der Waals surface area contributed by atoms with Crippen molar-refractivity contribution in [3.05, 3.63) is 87.6 Å². The summed E-state index contributed by atoms with van der Waals surface area (Å²) in [7, 11) is 0. The molecule has 36 heavy (non-hydrogen) atoms. The second kappa shape index (κ2) is 11.6. The quantitative estimate of drug-likeness (QED) is 0.405. The molecule has 190 valence electrons. The van der Waals surface area contributed by atoms with E-state index in [1.807, 2.05) is 59.5 Å². The maximum atomic E-state index is 13.7. The zero-order valence-electron chi connectivity index (χ0n) is 21.0. The largest absolute Gasteiger partial charge is 0.491 e. The minimum Gasteiger partial charge on any atom is -0.491 e. The van der Waals surface area contributed by atoms with Gasteiger partial charge >= 0.3 is 0 Å². The van der Waals surface area contributed by atoms with E-state index in [4.69, 9.17) is 4.74 Å². The summed E-state index contributed by atoms with van der Waals surface area (Å²) in [5.74, 6) is 1.60. The van der Waals surface area contributed by atoms with E-state index < -0.39 is 6.10 Å². The lowest BCUT2D eigenvalue weighted by molar-refractivity contribution is -0.136. The van der Waals surface area contributed by atoms with Crippen LogP contribution in [-0.2, 0) is 17.6 Å². The van der Waals surface area contributed by atoms with Crippen molar-refractivity contribution < 1.29 is 14.6 Å². The van der Waals surface area contributed by atoms with Crippen LogP contribution < -0.4 is 4.74 Å². The lowest BCUT2D eigenvalue weighted by Gasteiger charge is -2.37. The predicted octanol–water partition coefficient (Wildman–Crippen LogP) is 4.88. The molecule has 1 saturated carbocycles. The number of carbonyl (C=O) groups excluding carboxylic acids is 1. The molecule has 0 radical (unpaired) electrons. The highest BCUT2D eigenvalue weighted by Crippen LogP contribution is 2.34. The first-order valence-corrected chi connectivity index (χ1v) is 13.9. The summed E-state index contributed by atoms with van der Waals surface area (Å²) in [4.78, 5) is 19.2. The summed E-state index contributed by atoms with van der Waals surface area (Å²) in [6.07, 6.45) is 3.43. The number of aliphatic hydroxyl groups is 1. The molecule has 5 rings (SSSR count). The molecule has 1 aromatic heterocycles. The van der Waals surface area contributed by atoms with Gasteiger partial charge in [-0.1, -0.05) is 48.0 Å². The lowest BCUT2D eigenvalue weighted by Crippen LogP contribution is -2.48. The molecule has 0 unspecified atom stereocenters. The van der Waals surface area contributed by atoms with Crippen molar-refractivity contribution in [3.63, 3.8) is 0 Å². The van der Waals surface area contributed by atoms with Crippen molar-refractivity contribution in [2.75, 3.05) is 32.8 Å². The summed E-state index contributed by atoms with van der Waals surface area (Å²) in [6.45, 7) is 4.94. The van der Waals surface area contributed by atoms with Gasteiger partial charge in [-0.25, -0.2) is 0 Å². The predicted molar refractivity (Wildman–Crippen MR) is 144 cm³/mol. The average Bonchev–Trinajstić information content (AvgIpc) is 3.55. The van der Waals surface area contributed by atoms with Crippen molar-refractivity contribution >= 4 is 17.2 Å². The molecular weight excluding hydrogens is 468 g/mol. The van der Waals surface area contributed by atoms with Gasteiger partial charge in [0, 0.05) is 24.5 Å². The molecule has 2 aliphatic rings. The number of ether oxygens (including phenoxy) is 1. The van der Waals surface area contributed by atoms with Gasteiger partial charge in [0.1, 0.15) is 12.4 Å². The highest BCUT2D eigenvalue weighted by atomic mass is 32.1. The Labute approximate surface area is 218 Å². The van der Waals surface area contributed by atoms with Crippen LogP contribution in [0.4, 0.5) is 0 Å². The molecule has 2 aromatic carbocycles. The Hall–Kier alpha value is -2.67. The molecule has 3 aromatic rings. The number of nitrogens with zero attached hydrogens (tertiary/aromatic N) is 2. The first kappa shape index (κ1) is 25.0. The van der Waals surface area contributed by atoms with Crippen molar-refractivity contribution in [2.45, 2.75) is 44.8 Å². The highest BCUT2D eigenvalue weighted by Gasteiger charge is 2.34. The highest BCUT2D eigenvalue weighted by molar-refractivity contribution is 7.10. The molecule has 2 atom stereocenters. The summed E-state index contributed by atoms with van der Waals surface area (Å²) in [6, 6.07) is 20.2.